The summed E-state index contributed by atoms with van der Waals surface area (Å²) in [6, 6.07) is 8.46. The van der Waals surface area contributed by atoms with Gasteiger partial charge in [0.15, 0.2) is 5.96 Å². The summed E-state index contributed by atoms with van der Waals surface area (Å²) in [5.74, 6) is 0.436. The van der Waals surface area contributed by atoms with Crippen LogP contribution in [0.5, 0.6) is 0 Å². The van der Waals surface area contributed by atoms with Crippen LogP contribution >= 0.6 is 24.0 Å². The van der Waals surface area contributed by atoms with Crippen LogP contribution in [0.3, 0.4) is 0 Å². The van der Waals surface area contributed by atoms with Gasteiger partial charge < -0.3 is 25.8 Å². The summed E-state index contributed by atoms with van der Waals surface area (Å²) >= 11 is 0. The van der Waals surface area contributed by atoms with Crippen LogP contribution in [0, 0.1) is 0 Å². The van der Waals surface area contributed by atoms with Gasteiger partial charge in [0.25, 0.3) is 0 Å². The average molecular weight is 531 g/mol. The fourth-order valence-corrected chi connectivity index (χ4v) is 3.91. The number of hydrogen-bond donors (Lipinski definition) is 3. The Morgan fingerprint density at radius 3 is 2.57 bits per heavy atom. The van der Waals surface area contributed by atoms with Gasteiger partial charge in [0, 0.05) is 38.8 Å². The van der Waals surface area contributed by atoms with Crippen LogP contribution < -0.4 is 11.1 Å². The van der Waals surface area contributed by atoms with Crippen LogP contribution in [0.15, 0.2) is 29.3 Å². The third-order valence-corrected chi connectivity index (χ3v) is 5.55. The molecule has 1 atom stereocenters. The molecule has 4 N–H and O–H groups in total. The smallest absolute Gasteiger partial charge is 0.409 e. The molecule has 9 heteroatoms. The van der Waals surface area contributed by atoms with Gasteiger partial charge in [0.05, 0.1) is 19.3 Å². The Bertz CT molecular complexity index is 710. The first-order chi connectivity index (χ1) is 14.0. The van der Waals surface area contributed by atoms with E-state index in [2.05, 4.69) is 27.3 Å². The van der Waals surface area contributed by atoms with Gasteiger partial charge in [-0.25, -0.2) is 9.79 Å². The summed E-state index contributed by atoms with van der Waals surface area (Å²) in [5, 5.41) is 13.0. The van der Waals surface area contributed by atoms with Crippen LogP contribution in [0.2, 0.25) is 0 Å². The van der Waals surface area contributed by atoms with Gasteiger partial charge in [-0.2, -0.15) is 0 Å². The molecule has 0 bridgehead atoms. The summed E-state index contributed by atoms with van der Waals surface area (Å²) in [6.45, 7) is 6.53. The number of piperidine rings is 1. The Morgan fingerprint density at radius 2 is 1.93 bits per heavy atom. The molecule has 2 saturated heterocycles. The number of hydrogen-bond acceptors (Lipinski definition) is 5. The van der Waals surface area contributed by atoms with E-state index in [1.165, 1.54) is 5.56 Å². The van der Waals surface area contributed by atoms with Crippen LogP contribution in [-0.2, 0) is 17.8 Å². The molecule has 1 aromatic rings. The molecule has 1 unspecified atom stereocenters. The molecule has 2 fully saturated rings. The molecule has 30 heavy (non-hydrogen) atoms. The van der Waals surface area contributed by atoms with Gasteiger partial charge in [-0.05, 0) is 37.3 Å². The van der Waals surface area contributed by atoms with Crippen molar-refractivity contribution in [2.75, 3.05) is 32.8 Å². The van der Waals surface area contributed by atoms with E-state index in [0.29, 0.717) is 32.2 Å². The van der Waals surface area contributed by atoms with Gasteiger partial charge in [-0.1, -0.05) is 24.3 Å². The maximum Gasteiger partial charge on any atom is 0.409 e. The van der Waals surface area contributed by atoms with Gasteiger partial charge in [-0.3, -0.25) is 4.90 Å². The van der Waals surface area contributed by atoms with E-state index in [-0.39, 0.29) is 42.2 Å². The predicted molar refractivity (Wildman–Crippen MR) is 128 cm³/mol. The first kappa shape index (κ1) is 24.7. The second kappa shape index (κ2) is 12.3. The molecule has 3 rings (SSSR count). The third-order valence-electron chi connectivity index (χ3n) is 5.55. The molecule has 2 aliphatic heterocycles. The van der Waals surface area contributed by atoms with Gasteiger partial charge in [0.1, 0.15) is 0 Å². The largest absolute Gasteiger partial charge is 0.450 e. The number of aliphatic imine (C=N–C) groups is 1. The number of benzene rings is 1. The normalized spacial score (nSPS) is 20.7. The Kier molecular flexibility index (Phi) is 10.1. The van der Waals surface area contributed by atoms with E-state index in [0.717, 1.165) is 44.5 Å². The lowest BCUT2D eigenvalue weighted by atomic mass is 10.1. The molecule has 1 aromatic carbocycles. The summed E-state index contributed by atoms with van der Waals surface area (Å²) in [5.41, 5.74) is 8.49. The van der Waals surface area contributed by atoms with Crippen molar-refractivity contribution < 1.29 is 14.6 Å². The van der Waals surface area contributed by atoms with Crippen molar-refractivity contribution >= 4 is 36.0 Å². The van der Waals surface area contributed by atoms with Crippen LogP contribution in [-0.4, -0.2) is 71.9 Å². The number of aliphatic hydroxyl groups excluding tert-OH is 1. The number of aliphatic hydroxyl groups is 1. The molecular formula is C21H34IN5O3. The molecule has 0 aromatic heterocycles. The van der Waals surface area contributed by atoms with Crippen molar-refractivity contribution in [3.05, 3.63) is 35.4 Å². The highest BCUT2D eigenvalue weighted by Gasteiger charge is 2.24. The third kappa shape index (κ3) is 7.28. The molecule has 1 amide bonds. The van der Waals surface area contributed by atoms with Crippen LogP contribution in [0.25, 0.3) is 0 Å². The zero-order valence-electron chi connectivity index (χ0n) is 17.6. The Balaban J connectivity index is 0.00000320. The van der Waals surface area contributed by atoms with Crippen molar-refractivity contribution in [3.63, 3.8) is 0 Å². The van der Waals surface area contributed by atoms with Gasteiger partial charge in [0.2, 0.25) is 0 Å². The molecule has 0 radical (unpaired) electrons. The molecule has 0 aliphatic carbocycles. The Hall–Kier alpha value is -1.59. The lowest BCUT2D eigenvalue weighted by molar-refractivity contribution is 0.0963. The van der Waals surface area contributed by atoms with Crippen LogP contribution in [0.1, 0.15) is 37.3 Å². The number of ether oxygens (including phenoxy) is 1. The second-order valence-electron chi connectivity index (χ2n) is 7.75. The van der Waals surface area contributed by atoms with Gasteiger partial charge >= 0.3 is 6.09 Å². The number of likely N-dealkylation sites (tertiary alicyclic amines) is 2. The molecule has 0 spiro atoms. The minimum Gasteiger partial charge on any atom is -0.450 e. The monoisotopic (exact) mass is 531 g/mol. The zero-order valence-corrected chi connectivity index (χ0v) is 20.0. The first-order valence-electron chi connectivity index (χ1n) is 10.5. The molecular weight excluding hydrogens is 497 g/mol. The SMILES string of the molecule is CCOC(=O)N1CCC(NC(N)=NCc2ccccc2CN2CCC(O)C2)CC1.I. The maximum atomic E-state index is 11.8. The van der Waals surface area contributed by atoms with E-state index >= 15 is 0 Å². The predicted octanol–water partition coefficient (Wildman–Crippen LogP) is 1.90. The molecule has 0 saturated carbocycles. The van der Waals surface area contributed by atoms with Crippen molar-refractivity contribution in [1.82, 2.24) is 15.1 Å². The number of nitrogens with one attached hydrogen (secondary N) is 1. The fraction of sp³-hybridized carbons (Fsp3) is 0.619. The maximum absolute atomic E-state index is 11.8. The van der Waals surface area contributed by atoms with E-state index in [1.807, 2.05) is 19.1 Å². The number of guanidine groups is 1. The summed E-state index contributed by atoms with van der Waals surface area (Å²) in [4.78, 5) is 20.3. The number of β-amino-alcohol motifs (C(OH)–C–C–N with tert-alkyl or cyclic N) is 1. The number of rotatable bonds is 6. The minimum absolute atomic E-state index is 0. The summed E-state index contributed by atoms with van der Waals surface area (Å²) in [7, 11) is 0. The number of amides is 1. The van der Waals surface area contributed by atoms with Crippen molar-refractivity contribution in [1.29, 1.82) is 0 Å². The van der Waals surface area contributed by atoms with E-state index in [4.69, 9.17) is 10.5 Å². The minimum atomic E-state index is -0.241. The van der Waals surface area contributed by atoms with Gasteiger partial charge in [-0.15, -0.1) is 24.0 Å². The molecule has 168 valence electrons. The summed E-state index contributed by atoms with van der Waals surface area (Å²) < 4.78 is 5.05. The molecule has 8 nitrogen and oxygen atoms in total. The quantitative estimate of drug-likeness (QED) is 0.295. The standard InChI is InChI=1S/C21H33N5O3.HI/c1-2-29-21(28)26-11-7-18(8-12-26)24-20(22)23-13-16-5-3-4-6-17(16)14-25-10-9-19(27)15-25;/h3-6,18-19,27H,2,7-15H2,1H3,(H3,22,23,24);1H. The Labute approximate surface area is 195 Å². The van der Waals surface area contributed by atoms with E-state index < -0.39 is 0 Å². The number of carbonyl (C=O) groups is 1. The lowest BCUT2D eigenvalue weighted by Gasteiger charge is -2.31. The lowest BCUT2D eigenvalue weighted by Crippen LogP contribution is -2.48. The Morgan fingerprint density at radius 1 is 1.23 bits per heavy atom. The molecule has 2 heterocycles. The van der Waals surface area contributed by atoms with Crippen molar-refractivity contribution in [2.24, 2.45) is 10.7 Å². The second-order valence-corrected chi connectivity index (χ2v) is 7.75. The zero-order chi connectivity index (χ0) is 20.6. The first-order valence-corrected chi connectivity index (χ1v) is 10.5. The topological polar surface area (TPSA) is 103 Å². The molecule has 2 aliphatic rings. The van der Waals surface area contributed by atoms with Crippen molar-refractivity contribution in [2.45, 2.75) is 51.4 Å². The van der Waals surface area contributed by atoms with Crippen LogP contribution in [0.4, 0.5) is 4.79 Å². The van der Waals surface area contributed by atoms with Crippen molar-refractivity contribution in [3.8, 4) is 0 Å². The highest BCUT2D eigenvalue weighted by atomic mass is 127. The highest BCUT2D eigenvalue weighted by Crippen LogP contribution is 2.17. The van der Waals surface area contributed by atoms with E-state index in [9.17, 15) is 9.90 Å². The number of nitrogens with zero attached hydrogens (tertiary/aromatic N) is 3. The average Bonchev–Trinajstić information content (AvgIpc) is 3.13. The number of nitrogens with two attached hydrogens (primary N) is 1. The number of halogens is 1. The fourth-order valence-electron chi connectivity index (χ4n) is 3.91. The highest BCUT2D eigenvalue weighted by molar-refractivity contribution is 14.0. The van der Waals surface area contributed by atoms with E-state index in [1.54, 1.807) is 4.90 Å². The number of carbonyl (C=O) groups excluding carboxylic acids is 1. The summed E-state index contributed by atoms with van der Waals surface area (Å²) in [6.07, 6.45) is 2.03.